The van der Waals surface area contributed by atoms with E-state index < -0.39 is 5.82 Å². The average molecular weight is 324 g/mol. The van der Waals surface area contributed by atoms with Crippen molar-refractivity contribution in [3.63, 3.8) is 0 Å². The lowest BCUT2D eigenvalue weighted by atomic mass is 10.2. The zero-order valence-electron chi connectivity index (χ0n) is 11.0. The van der Waals surface area contributed by atoms with Crippen LogP contribution in [0.1, 0.15) is 11.1 Å². The second-order valence-corrected chi connectivity index (χ2v) is 4.97. The summed E-state index contributed by atoms with van der Waals surface area (Å²) in [6.45, 7) is 0.400. The van der Waals surface area contributed by atoms with Gasteiger partial charge in [-0.05, 0) is 18.2 Å². The smallest absolute Gasteiger partial charge is 0.128 e. The fourth-order valence-electron chi connectivity index (χ4n) is 1.69. The van der Waals surface area contributed by atoms with Crippen LogP contribution in [-0.2, 0) is 6.61 Å². The van der Waals surface area contributed by atoms with Crippen molar-refractivity contribution in [3.05, 3.63) is 63.4 Å². The van der Waals surface area contributed by atoms with Crippen LogP contribution in [0.4, 0.5) is 4.39 Å². The highest BCUT2D eigenvalue weighted by molar-refractivity contribution is 6.42. The van der Waals surface area contributed by atoms with Crippen LogP contribution in [0.5, 0.6) is 5.75 Å². The highest BCUT2D eigenvalue weighted by Gasteiger charge is 2.06. The molecular weight excluding hydrogens is 312 g/mol. The lowest BCUT2D eigenvalue weighted by Gasteiger charge is -2.09. The van der Waals surface area contributed by atoms with E-state index in [2.05, 4.69) is 11.8 Å². The minimum absolute atomic E-state index is 0.187. The Morgan fingerprint density at radius 2 is 2.00 bits per heavy atom. The first kappa shape index (κ1) is 15.7. The molecule has 5 heteroatoms. The van der Waals surface area contributed by atoms with Gasteiger partial charge in [0.2, 0.25) is 0 Å². The van der Waals surface area contributed by atoms with Crippen molar-refractivity contribution in [1.82, 2.24) is 0 Å². The summed E-state index contributed by atoms with van der Waals surface area (Å²) in [5, 5.41) is 0.880. The van der Waals surface area contributed by atoms with E-state index in [1.54, 1.807) is 24.3 Å². The number of ether oxygens (including phenoxy) is 1. The van der Waals surface area contributed by atoms with E-state index in [1.807, 2.05) is 0 Å². The fraction of sp³-hybridized carbons (Fsp3) is 0.125. The Labute approximate surface area is 132 Å². The zero-order valence-corrected chi connectivity index (χ0v) is 12.5. The molecule has 0 unspecified atom stereocenters. The quantitative estimate of drug-likeness (QED) is 0.866. The molecule has 0 saturated carbocycles. The molecule has 0 aliphatic rings. The Morgan fingerprint density at radius 1 is 1.19 bits per heavy atom. The molecule has 2 aromatic rings. The second-order valence-electron chi connectivity index (χ2n) is 4.18. The fourth-order valence-corrected chi connectivity index (χ4v) is 2.07. The van der Waals surface area contributed by atoms with E-state index in [0.717, 1.165) is 5.56 Å². The van der Waals surface area contributed by atoms with Gasteiger partial charge < -0.3 is 10.5 Å². The van der Waals surface area contributed by atoms with Gasteiger partial charge in [0, 0.05) is 17.2 Å². The number of nitrogens with two attached hydrogens (primary N) is 1. The SMILES string of the molecule is NCC#Cc1cc(F)cc(OCc2cccc(Cl)c2Cl)c1. The third-order valence-corrected chi connectivity index (χ3v) is 3.49. The minimum atomic E-state index is -0.425. The molecule has 0 aliphatic heterocycles. The van der Waals surface area contributed by atoms with E-state index >= 15 is 0 Å². The van der Waals surface area contributed by atoms with Crippen molar-refractivity contribution < 1.29 is 9.13 Å². The first-order valence-electron chi connectivity index (χ1n) is 6.15. The molecule has 0 aromatic heterocycles. The van der Waals surface area contributed by atoms with E-state index in [0.29, 0.717) is 21.4 Å². The molecule has 0 fully saturated rings. The molecule has 0 bridgehead atoms. The van der Waals surface area contributed by atoms with Crippen LogP contribution >= 0.6 is 23.2 Å². The van der Waals surface area contributed by atoms with Crippen molar-refractivity contribution in [1.29, 1.82) is 0 Å². The van der Waals surface area contributed by atoms with Gasteiger partial charge in [-0.25, -0.2) is 4.39 Å². The minimum Gasteiger partial charge on any atom is -0.489 e. The summed E-state index contributed by atoms with van der Waals surface area (Å²) in [6.07, 6.45) is 0. The summed E-state index contributed by atoms with van der Waals surface area (Å²) in [7, 11) is 0. The highest BCUT2D eigenvalue weighted by Crippen LogP contribution is 2.27. The highest BCUT2D eigenvalue weighted by atomic mass is 35.5. The van der Waals surface area contributed by atoms with E-state index in [-0.39, 0.29) is 13.2 Å². The standard InChI is InChI=1S/C16H12Cl2FNO/c17-15-5-1-4-12(16(15)18)10-21-14-8-11(3-2-6-20)7-13(19)9-14/h1,4-5,7-9H,6,10,20H2. The van der Waals surface area contributed by atoms with Crippen molar-refractivity contribution in [2.75, 3.05) is 6.54 Å². The molecule has 0 aliphatic carbocycles. The first-order valence-corrected chi connectivity index (χ1v) is 6.91. The Kier molecular flexibility index (Phi) is 5.46. The molecule has 108 valence electrons. The van der Waals surface area contributed by atoms with Crippen LogP contribution in [-0.4, -0.2) is 6.54 Å². The lowest BCUT2D eigenvalue weighted by Crippen LogP contribution is -1.98. The maximum absolute atomic E-state index is 13.5. The number of benzene rings is 2. The maximum Gasteiger partial charge on any atom is 0.128 e. The predicted octanol–water partition coefficient (Wildman–Crippen LogP) is 4.02. The molecule has 0 radical (unpaired) electrons. The van der Waals surface area contributed by atoms with Gasteiger partial charge in [-0.2, -0.15) is 0 Å². The van der Waals surface area contributed by atoms with Crippen LogP contribution < -0.4 is 10.5 Å². The number of rotatable bonds is 3. The van der Waals surface area contributed by atoms with E-state index in [4.69, 9.17) is 33.7 Å². The Bertz CT molecular complexity index is 707. The van der Waals surface area contributed by atoms with Crippen LogP contribution in [0.15, 0.2) is 36.4 Å². The molecule has 2 nitrogen and oxygen atoms in total. The molecule has 2 rings (SSSR count). The summed E-state index contributed by atoms with van der Waals surface area (Å²) in [5.74, 6) is 5.37. The molecule has 2 N–H and O–H groups in total. The maximum atomic E-state index is 13.5. The number of hydrogen-bond acceptors (Lipinski definition) is 2. The third-order valence-electron chi connectivity index (χ3n) is 2.63. The first-order chi connectivity index (χ1) is 10.1. The van der Waals surface area contributed by atoms with Crippen LogP contribution in [0.3, 0.4) is 0 Å². The molecule has 0 amide bonds. The van der Waals surface area contributed by atoms with Gasteiger partial charge in [-0.3, -0.25) is 0 Å². The van der Waals surface area contributed by atoms with Gasteiger partial charge in [0.1, 0.15) is 18.2 Å². The summed E-state index contributed by atoms with van der Waals surface area (Å²) >= 11 is 12.0. The summed E-state index contributed by atoms with van der Waals surface area (Å²) < 4.78 is 19.0. The molecule has 0 saturated heterocycles. The molecule has 2 aromatic carbocycles. The van der Waals surface area contributed by atoms with Crippen LogP contribution in [0, 0.1) is 17.7 Å². The third kappa shape index (κ3) is 4.37. The van der Waals surface area contributed by atoms with E-state index in [9.17, 15) is 4.39 Å². The van der Waals surface area contributed by atoms with Crippen molar-refractivity contribution >= 4 is 23.2 Å². The van der Waals surface area contributed by atoms with Crippen molar-refractivity contribution in [3.8, 4) is 17.6 Å². The van der Waals surface area contributed by atoms with Crippen LogP contribution in [0.2, 0.25) is 10.0 Å². The molecule has 0 spiro atoms. The topological polar surface area (TPSA) is 35.2 Å². The monoisotopic (exact) mass is 323 g/mol. The van der Waals surface area contributed by atoms with Crippen LogP contribution in [0.25, 0.3) is 0 Å². The summed E-state index contributed by atoms with van der Waals surface area (Å²) in [6, 6.07) is 9.51. The normalized spacial score (nSPS) is 9.90. The van der Waals surface area contributed by atoms with Gasteiger partial charge in [0.15, 0.2) is 0 Å². The van der Waals surface area contributed by atoms with Gasteiger partial charge in [-0.15, -0.1) is 0 Å². The molecule has 21 heavy (non-hydrogen) atoms. The van der Waals surface area contributed by atoms with Gasteiger partial charge in [0.25, 0.3) is 0 Å². The Hall–Kier alpha value is -1.73. The predicted molar refractivity (Wildman–Crippen MR) is 83.1 cm³/mol. The van der Waals surface area contributed by atoms with Crippen molar-refractivity contribution in [2.45, 2.75) is 6.61 Å². The summed E-state index contributed by atoms with van der Waals surface area (Å²) in [5.41, 5.74) is 6.52. The second kappa shape index (κ2) is 7.33. The molecular formula is C16H12Cl2FNO. The van der Waals surface area contributed by atoms with Gasteiger partial charge in [0.05, 0.1) is 16.6 Å². The Balaban J connectivity index is 2.16. The Morgan fingerprint density at radius 3 is 2.76 bits per heavy atom. The number of hydrogen-bond donors (Lipinski definition) is 1. The lowest BCUT2D eigenvalue weighted by molar-refractivity contribution is 0.304. The van der Waals surface area contributed by atoms with Gasteiger partial charge >= 0.3 is 0 Å². The number of halogens is 3. The van der Waals surface area contributed by atoms with Gasteiger partial charge in [-0.1, -0.05) is 47.2 Å². The van der Waals surface area contributed by atoms with Crippen molar-refractivity contribution in [2.24, 2.45) is 5.73 Å². The molecule has 0 atom stereocenters. The zero-order chi connectivity index (χ0) is 15.2. The average Bonchev–Trinajstić information content (AvgIpc) is 2.46. The van der Waals surface area contributed by atoms with E-state index in [1.165, 1.54) is 12.1 Å². The summed E-state index contributed by atoms with van der Waals surface area (Å²) in [4.78, 5) is 0. The largest absolute Gasteiger partial charge is 0.489 e. The molecule has 0 heterocycles.